The quantitative estimate of drug-likeness (QED) is 0.402. The molecule has 0 spiro atoms. The topological polar surface area (TPSA) is 0 Å². The summed E-state index contributed by atoms with van der Waals surface area (Å²) in [5.41, 5.74) is 0. The third kappa shape index (κ3) is 4.82. The molecule has 0 aromatic carbocycles. The molecule has 0 fully saturated rings. The van der Waals surface area contributed by atoms with E-state index in [9.17, 15) is 0 Å². The molecule has 0 aromatic heterocycles. The standard InChI is InChI=1S/C8H15I/c1-4-7-8(5-2)9-6-3/h4,6-8H,5H2,1-3H3/b7-4-. The van der Waals surface area contributed by atoms with E-state index < -0.39 is 0 Å². The molecular weight excluding hydrogens is 223 g/mol. The van der Waals surface area contributed by atoms with Gasteiger partial charge in [-0.05, 0) is 20.3 Å². The van der Waals surface area contributed by atoms with Crippen molar-refractivity contribution in [1.82, 2.24) is 0 Å². The van der Waals surface area contributed by atoms with E-state index in [1.165, 1.54) is 6.42 Å². The predicted molar refractivity (Wildman–Crippen MR) is 54.7 cm³/mol. The summed E-state index contributed by atoms with van der Waals surface area (Å²) in [4.78, 5) is 0. The van der Waals surface area contributed by atoms with E-state index in [1.807, 2.05) is 0 Å². The largest absolute Gasteiger partial charge is 0.120 e. The minimum Gasteiger partial charge on any atom is -0.120 e. The summed E-state index contributed by atoms with van der Waals surface area (Å²) in [6.07, 6.45) is 5.80. The molecule has 0 aliphatic carbocycles. The Kier molecular flexibility index (Phi) is 6.70. The second kappa shape index (κ2) is 6.46. The van der Waals surface area contributed by atoms with Crippen molar-refractivity contribution in [3.8, 4) is 0 Å². The Hall–Kier alpha value is 0.340. The maximum absolute atomic E-state index is 2.34. The molecule has 9 heavy (non-hydrogen) atoms. The molecule has 0 heterocycles. The molecule has 0 nitrogen and oxygen atoms in total. The van der Waals surface area contributed by atoms with E-state index in [0.717, 1.165) is 3.92 Å². The van der Waals surface area contributed by atoms with Crippen LogP contribution in [0.2, 0.25) is 0 Å². The van der Waals surface area contributed by atoms with Gasteiger partial charge in [0, 0.05) is 3.92 Å². The molecule has 0 aromatic rings. The summed E-state index contributed by atoms with van der Waals surface area (Å²) in [5, 5.41) is 0. The molecule has 0 saturated carbocycles. The molecule has 1 atom stereocenters. The monoisotopic (exact) mass is 238 g/mol. The molecule has 0 rings (SSSR count). The summed E-state index contributed by atoms with van der Waals surface area (Å²) >= 11 is 0.344. The summed E-state index contributed by atoms with van der Waals surface area (Å²) in [6, 6.07) is 0. The van der Waals surface area contributed by atoms with Gasteiger partial charge in [-0.15, -0.1) is 20.7 Å². The maximum Gasteiger partial charge on any atom is 0.0236 e. The van der Waals surface area contributed by atoms with Crippen LogP contribution in [0.5, 0.6) is 0 Å². The lowest BCUT2D eigenvalue weighted by atomic mass is 10.3. The van der Waals surface area contributed by atoms with Gasteiger partial charge in [-0.2, -0.15) is 0 Å². The van der Waals surface area contributed by atoms with Crippen LogP contribution in [-0.4, -0.2) is 7.94 Å². The molecule has 0 bridgehead atoms. The Labute approximate surface area is 68.1 Å². The molecule has 1 heteroatoms. The first-order valence-electron chi connectivity index (χ1n) is 3.37. The average molecular weight is 238 g/mol. The lowest BCUT2D eigenvalue weighted by molar-refractivity contribution is 1.00. The number of hydrogen-bond acceptors (Lipinski definition) is 0. The van der Waals surface area contributed by atoms with Crippen LogP contribution < -0.4 is 0 Å². The smallest absolute Gasteiger partial charge is 0.0236 e. The molecule has 0 saturated heterocycles. The minimum atomic E-state index is 0.344. The molecule has 54 valence electrons. The van der Waals surface area contributed by atoms with Crippen LogP contribution in [0.25, 0.3) is 0 Å². The number of halogens is 1. The molecule has 1 unspecified atom stereocenters. The fourth-order valence-corrected chi connectivity index (χ4v) is 2.73. The van der Waals surface area contributed by atoms with Crippen LogP contribution >= 0.6 is 20.7 Å². The van der Waals surface area contributed by atoms with Gasteiger partial charge in [-0.25, -0.2) is 0 Å². The van der Waals surface area contributed by atoms with Gasteiger partial charge in [0.15, 0.2) is 0 Å². The summed E-state index contributed by atoms with van der Waals surface area (Å²) in [5.74, 6) is 0. The first-order chi connectivity index (χ1) is 4.35. The molecule has 0 N–H and O–H groups in total. The lowest BCUT2D eigenvalue weighted by Crippen LogP contribution is -1.88. The normalized spacial score (nSPS) is 16.3. The first-order valence-corrected chi connectivity index (χ1v) is 5.86. The van der Waals surface area contributed by atoms with Crippen molar-refractivity contribution in [3.63, 3.8) is 0 Å². The van der Waals surface area contributed by atoms with Crippen molar-refractivity contribution in [3.05, 3.63) is 12.2 Å². The Balaban J connectivity index is 3.68. The molecule has 0 amide bonds. The zero-order valence-electron chi connectivity index (χ0n) is 6.39. The van der Waals surface area contributed by atoms with Crippen molar-refractivity contribution >= 4 is 24.7 Å². The van der Waals surface area contributed by atoms with Crippen LogP contribution in [0.3, 0.4) is 0 Å². The highest BCUT2D eigenvalue weighted by molar-refractivity contribution is 14.2. The zero-order chi connectivity index (χ0) is 7.11. The van der Waals surface area contributed by atoms with Gasteiger partial charge in [0.25, 0.3) is 0 Å². The van der Waals surface area contributed by atoms with E-state index in [-0.39, 0.29) is 0 Å². The third-order valence-corrected chi connectivity index (χ3v) is 4.02. The van der Waals surface area contributed by atoms with Gasteiger partial charge in [0.2, 0.25) is 0 Å². The van der Waals surface area contributed by atoms with Crippen LogP contribution in [0.1, 0.15) is 27.2 Å². The SMILES string of the molecule is C/C=C\C(CC)/I=C/C. The highest BCUT2D eigenvalue weighted by atomic mass is 127. The fourth-order valence-electron chi connectivity index (χ4n) is 0.638. The second-order valence-electron chi connectivity index (χ2n) is 1.79. The first kappa shape index (κ1) is 9.34. The van der Waals surface area contributed by atoms with Crippen molar-refractivity contribution in [2.45, 2.75) is 31.1 Å². The molecule has 0 aliphatic rings. The summed E-state index contributed by atoms with van der Waals surface area (Å²) < 4.78 is 3.23. The van der Waals surface area contributed by atoms with Crippen LogP contribution in [0.4, 0.5) is 0 Å². The van der Waals surface area contributed by atoms with E-state index in [0.29, 0.717) is 20.7 Å². The average Bonchev–Trinajstić information content (AvgIpc) is 1.88. The van der Waals surface area contributed by atoms with Gasteiger partial charge < -0.3 is 0 Å². The van der Waals surface area contributed by atoms with Crippen molar-refractivity contribution in [2.75, 3.05) is 0 Å². The predicted octanol–water partition coefficient (Wildman–Crippen LogP) is 3.13. The van der Waals surface area contributed by atoms with Crippen molar-refractivity contribution in [2.24, 2.45) is 0 Å². The number of rotatable bonds is 3. The number of allylic oxidation sites excluding steroid dienone is 2. The van der Waals surface area contributed by atoms with Crippen molar-refractivity contribution < 1.29 is 0 Å². The van der Waals surface area contributed by atoms with E-state index >= 15 is 0 Å². The van der Waals surface area contributed by atoms with Gasteiger partial charge in [0.1, 0.15) is 0 Å². The maximum atomic E-state index is 2.34. The molecule has 0 radical (unpaired) electrons. The van der Waals surface area contributed by atoms with E-state index in [4.69, 9.17) is 0 Å². The van der Waals surface area contributed by atoms with Crippen LogP contribution in [0, 0.1) is 0 Å². The second-order valence-corrected chi connectivity index (χ2v) is 5.36. The Morgan fingerprint density at radius 1 is 1.44 bits per heavy atom. The van der Waals surface area contributed by atoms with Gasteiger partial charge in [0.05, 0.1) is 0 Å². The third-order valence-electron chi connectivity index (χ3n) is 1.08. The highest BCUT2D eigenvalue weighted by Gasteiger charge is 1.92. The van der Waals surface area contributed by atoms with Gasteiger partial charge in [-0.3, -0.25) is 0 Å². The van der Waals surface area contributed by atoms with Crippen LogP contribution in [0.15, 0.2) is 12.2 Å². The molecular formula is C8H15I. The zero-order valence-corrected chi connectivity index (χ0v) is 8.55. The number of hydrogen-bond donors (Lipinski definition) is 0. The lowest BCUT2D eigenvalue weighted by Gasteiger charge is -1.98. The van der Waals surface area contributed by atoms with E-state index in [1.54, 1.807) is 0 Å². The minimum absolute atomic E-state index is 0.344. The van der Waals surface area contributed by atoms with Crippen LogP contribution in [-0.2, 0) is 0 Å². The van der Waals surface area contributed by atoms with Gasteiger partial charge in [-0.1, -0.05) is 23.1 Å². The van der Waals surface area contributed by atoms with Crippen molar-refractivity contribution in [1.29, 1.82) is 0 Å². The fraction of sp³-hybridized carbons (Fsp3) is 0.625. The molecule has 0 aliphatic heterocycles. The Morgan fingerprint density at radius 2 is 2.11 bits per heavy atom. The highest BCUT2D eigenvalue weighted by Crippen LogP contribution is 2.12. The Bertz CT molecular complexity index is 91.1. The Morgan fingerprint density at radius 3 is 2.44 bits per heavy atom. The van der Waals surface area contributed by atoms with E-state index in [2.05, 4.69) is 36.9 Å². The summed E-state index contributed by atoms with van der Waals surface area (Å²) in [7, 11) is 0. The number of alkyl halides is 1. The summed E-state index contributed by atoms with van der Waals surface area (Å²) in [6.45, 7) is 6.52. The van der Waals surface area contributed by atoms with Gasteiger partial charge >= 0.3 is 0 Å².